The number of hydrogen-bond donors (Lipinski definition) is 0. The Bertz CT molecular complexity index is 514. The number of benzene rings is 1. The molecule has 1 aromatic carbocycles. The lowest BCUT2D eigenvalue weighted by molar-refractivity contribution is -0.129. The third-order valence-corrected chi connectivity index (χ3v) is 3.18. The van der Waals surface area contributed by atoms with Crippen molar-refractivity contribution in [3.63, 3.8) is 0 Å². The molecule has 1 amide bonds. The Kier molecular flexibility index (Phi) is 4.39. The van der Waals surface area contributed by atoms with E-state index in [0.29, 0.717) is 6.42 Å². The molecule has 0 atom stereocenters. The maximum atomic E-state index is 11.9. The summed E-state index contributed by atoms with van der Waals surface area (Å²) in [7, 11) is 1.86. The summed E-state index contributed by atoms with van der Waals surface area (Å²) in [6.07, 6.45) is 5.49. The summed E-state index contributed by atoms with van der Waals surface area (Å²) in [5, 5.41) is 0. The van der Waals surface area contributed by atoms with Crippen LogP contribution < -0.4 is 0 Å². The number of nitrogens with zero attached hydrogens (tertiary/aromatic N) is 2. The Morgan fingerprint density at radius 3 is 2.37 bits per heavy atom. The molecule has 0 aliphatic heterocycles. The van der Waals surface area contributed by atoms with Gasteiger partial charge in [-0.25, -0.2) is 0 Å². The van der Waals surface area contributed by atoms with Crippen LogP contribution in [0.15, 0.2) is 48.8 Å². The van der Waals surface area contributed by atoms with Crippen molar-refractivity contribution in [1.29, 1.82) is 0 Å². The Morgan fingerprint density at radius 1 is 1.16 bits per heavy atom. The van der Waals surface area contributed by atoms with Crippen LogP contribution in [0.2, 0.25) is 0 Å². The standard InChI is InChI=1S/C16H20N2O/c1-3-10-17(2)16(19)13-14-6-8-15(9-7-14)18-11-4-5-12-18/h4-9,11-12H,3,10,13H2,1-2H3. The second-order valence-electron chi connectivity index (χ2n) is 4.75. The lowest BCUT2D eigenvalue weighted by Gasteiger charge is -2.16. The van der Waals surface area contributed by atoms with Gasteiger partial charge in [0.2, 0.25) is 5.91 Å². The molecule has 1 aromatic heterocycles. The molecule has 0 bridgehead atoms. The highest BCUT2D eigenvalue weighted by molar-refractivity contribution is 5.78. The summed E-state index contributed by atoms with van der Waals surface area (Å²) in [5.41, 5.74) is 2.17. The van der Waals surface area contributed by atoms with Crippen molar-refractivity contribution in [3.8, 4) is 5.69 Å². The maximum Gasteiger partial charge on any atom is 0.226 e. The number of hydrogen-bond acceptors (Lipinski definition) is 1. The van der Waals surface area contributed by atoms with Crippen molar-refractivity contribution in [3.05, 3.63) is 54.4 Å². The van der Waals surface area contributed by atoms with Crippen molar-refractivity contribution < 1.29 is 4.79 Å². The number of aromatic nitrogens is 1. The van der Waals surface area contributed by atoms with Crippen LogP contribution in [0.4, 0.5) is 0 Å². The molecule has 0 N–H and O–H groups in total. The summed E-state index contributed by atoms with van der Waals surface area (Å²) < 4.78 is 2.05. The molecule has 0 spiro atoms. The van der Waals surface area contributed by atoms with Gasteiger partial charge < -0.3 is 9.47 Å². The average molecular weight is 256 g/mol. The SMILES string of the molecule is CCCN(C)C(=O)Cc1ccc(-n2cccc2)cc1. The number of carbonyl (C=O) groups excluding carboxylic acids is 1. The second kappa shape index (κ2) is 6.23. The van der Waals surface area contributed by atoms with E-state index in [1.165, 1.54) is 0 Å². The minimum atomic E-state index is 0.176. The molecular weight excluding hydrogens is 236 g/mol. The van der Waals surface area contributed by atoms with E-state index in [-0.39, 0.29) is 5.91 Å². The van der Waals surface area contributed by atoms with Crippen LogP contribution in [0, 0.1) is 0 Å². The maximum absolute atomic E-state index is 11.9. The molecule has 0 saturated carbocycles. The zero-order valence-corrected chi connectivity index (χ0v) is 11.5. The number of rotatable bonds is 5. The summed E-state index contributed by atoms with van der Waals surface area (Å²) in [6, 6.07) is 12.1. The van der Waals surface area contributed by atoms with Crippen molar-refractivity contribution in [2.24, 2.45) is 0 Å². The van der Waals surface area contributed by atoms with E-state index in [2.05, 4.69) is 11.5 Å². The Balaban J connectivity index is 2.01. The summed E-state index contributed by atoms with van der Waals surface area (Å²) >= 11 is 0. The lowest BCUT2D eigenvalue weighted by atomic mass is 10.1. The number of carbonyl (C=O) groups is 1. The van der Waals surface area contributed by atoms with Gasteiger partial charge in [0.15, 0.2) is 0 Å². The molecule has 2 aromatic rings. The number of likely N-dealkylation sites (N-methyl/N-ethyl adjacent to an activating group) is 1. The van der Waals surface area contributed by atoms with Crippen LogP contribution in [0.1, 0.15) is 18.9 Å². The van der Waals surface area contributed by atoms with Crippen LogP contribution in [-0.4, -0.2) is 29.0 Å². The molecule has 19 heavy (non-hydrogen) atoms. The van der Waals surface area contributed by atoms with Crippen LogP contribution in [0.3, 0.4) is 0 Å². The van der Waals surface area contributed by atoms with Gasteiger partial charge in [-0.1, -0.05) is 19.1 Å². The minimum absolute atomic E-state index is 0.176. The number of amides is 1. The topological polar surface area (TPSA) is 25.2 Å². The van der Waals surface area contributed by atoms with Gasteiger partial charge in [-0.15, -0.1) is 0 Å². The van der Waals surface area contributed by atoms with Gasteiger partial charge in [0.25, 0.3) is 0 Å². The molecule has 2 rings (SSSR count). The molecule has 3 nitrogen and oxygen atoms in total. The fourth-order valence-electron chi connectivity index (χ4n) is 2.06. The summed E-state index contributed by atoms with van der Waals surface area (Å²) in [4.78, 5) is 13.7. The monoisotopic (exact) mass is 256 g/mol. The highest BCUT2D eigenvalue weighted by atomic mass is 16.2. The normalized spacial score (nSPS) is 10.4. The summed E-state index contributed by atoms with van der Waals surface area (Å²) in [5.74, 6) is 0.176. The average Bonchev–Trinajstić information content (AvgIpc) is 2.94. The lowest BCUT2D eigenvalue weighted by Crippen LogP contribution is -2.28. The quantitative estimate of drug-likeness (QED) is 0.807. The molecule has 0 unspecified atom stereocenters. The van der Waals surface area contributed by atoms with Gasteiger partial charge in [-0.3, -0.25) is 4.79 Å². The zero-order valence-electron chi connectivity index (χ0n) is 11.5. The van der Waals surface area contributed by atoms with Crippen LogP contribution in [-0.2, 0) is 11.2 Å². The van der Waals surface area contributed by atoms with Gasteiger partial charge >= 0.3 is 0 Å². The Morgan fingerprint density at radius 2 is 1.79 bits per heavy atom. The molecular formula is C16H20N2O. The molecule has 0 fully saturated rings. The molecule has 100 valence electrons. The largest absolute Gasteiger partial charge is 0.345 e. The predicted molar refractivity (Wildman–Crippen MR) is 77.4 cm³/mol. The first-order valence-electron chi connectivity index (χ1n) is 6.67. The van der Waals surface area contributed by atoms with Crippen molar-refractivity contribution in [2.75, 3.05) is 13.6 Å². The second-order valence-corrected chi connectivity index (χ2v) is 4.75. The first-order chi connectivity index (χ1) is 9.20. The third kappa shape index (κ3) is 3.47. The predicted octanol–water partition coefficient (Wildman–Crippen LogP) is 2.89. The van der Waals surface area contributed by atoms with Crippen molar-refractivity contribution in [2.45, 2.75) is 19.8 Å². The van der Waals surface area contributed by atoms with E-state index in [4.69, 9.17) is 0 Å². The third-order valence-electron chi connectivity index (χ3n) is 3.18. The van der Waals surface area contributed by atoms with E-state index in [1.54, 1.807) is 4.90 Å². The molecule has 0 aliphatic rings. The fraction of sp³-hybridized carbons (Fsp3) is 0.312. The minimum Gasteiger partial charge on any atom is -0.345 e. The molecule has 0 aliphatic carbocycles. The summed E-state index contributed by atoms with van der Waals surface area (Å²) in [6.45, 7) is 2.90. The van der Waals surface area contributed by atoms with Crippen LogP contribution in [0.25, 0.3) is 5.69 Å². The van der Waals surface area contributed by atoms with Crippen LogP contribution >= 0.6 is 0 Å². The first kappa shape index (κ1) is 13.4. The Hall–Kier alpha value is -2.03. The van der Waals surface area contributed by atoms with Gasteiger partial charge in [-0.05, 0) is 36.2 Å². The van der Waals surface area contributed by atoms with Gasteiger partial charge in [0.1, 0.15) is 0 Å². The van der Waals surface area contributed by atoms with E-state index < -0.39 is 0 Å². The first-order valence-corrected chi connectivity index (χ1v) is 6.67. The highest BCUT2D eigenvalue weighted by Gasteiger charge is 2.08. The molecule has 3 heteroatoms. The van der Waals surface area contributed by atoms with Crippen molar-refractivity contribution >= 4 is 5.91 Å². The van der Waals surface area contributed by atoms with Gasteiger partial charge in [0, 0.05) is 31.7 Å². The Labute approximate surface area is 114 Å². The van der Waals surface area contributed by atoms with Gasteiger partial charge in [-0.2, -0.15) is 0 Å². The molecule has 0 saturated heterocycles. The smallest absolute Gasteiger partial charge is 0.226 e. The van der Waals surface area contributed by atoms with E-state index >= 15 is 0 Å². The van der Waals surface area contributed by atoms with Crippen LogP contribution in [0.5, 0.6) is 0 Å². The van der Waals surface area contributed by atoms with E-state index in [9.17, 15) is 4.79 Å². The molecule has 1 heterocycles. The zero-order chi connectivity index (χ0) is 13.7. The van der Waals surface area contributed by atoms with E-state index in [0.717, 1.165) is 24.2 Å². The van der Waals surface area contributed by atoms with Crippen molar-refractivity contribution in [1.82, 2.24) is 9.47 Å². The van der Waals surface area contributed by atoms with Gasteiger partial charge in [0.05, 0.1) is 6.42 Å². The highest BCUT2D eigenvalue weighted by Crippen LogP contribution is 2.11. The molecule has 0 radical (unpaired) electrons. The fourth-order valence-corrected chi connectivity index (χ4v) is 2.06. The van der Waals surface area contributed by atoms with E-state index in [1.807, 2.05) is 55.8 Å².